The maximum atomic E-state index is 10.9. The third-order valence-electron chi connectivity index (χ3n) is 3.92. The van der Waals surface area contributed by atoms with E-state index >= 15 is 0 Å². The zero-order chi connectivity index (χ0) is 13.9. The van der Waals surface area contributed by atoms with Crippen LogP contribution in [0.5, 0.6) is 0 Å². The van der Waals surface area contributed by atoms with Crippen LogP contribution in [0.2, 0.25) is 0 Å². The Morgan fingerprint density at radius 1 is 1.42 bits per heavy atom. The van der Waals surface area contributed by atoms with E-state index in [0.717, 1.165) is 31.2 Å². The van der Waals surface area contributed by atoms with E-state index in [4.69, 9.17) is 0 Å². The smallest absolute Gasteiger partial charge is 0.272 e. The van der Waals surface area contributed by atoms with Gasteiger partial charge in [0.05, 0.1) is 10.5 Å². The molecule has 104 valence electrons. The van der Waals surface area contributed by atoms with Crippen LogP contribution in [0.1, 0.15) is 36.8 Å². The summed E-state index contributed by atoms with van der Waals surface area (Å²) in [6.45, 7) is 2.87. The van der Waals surface area contributed by atoms with Gasteiger partial charge in [-0.05, 0) is 25.3 Å². The summed E-state index contributed by atoms with van der Waals surface area (Å²) in [5, 5.41) is 24.3. The van der Waals surface area contributed by atoms with Gasteiger partial charge in [-0.1, -0.05) is 25.0 Å². The molecule has 2 rings (SSSR count). The predicted molar refractivity (Wildman–Crippen MR) is 73.0 cm³/mol. The third-order valence-corrected chi connectivity index (χ3v) is 3.92. The van der Waals surface area contributed by atoms with Gasteiger partial charge in [-0.2, -0.15) is 0 Å². The maximum Gasteiger partial charge on any atom is 0.272 e. The fourth-order valence-corrected chi connectivity index (χ4v) is 2.70. The Hall–Kier alpha value is -1.46. The van der Waals surface area contributed by atoms with Crippen molar-refractivity contribution in [1.29, 1.82) is 0 Å². The number of aliphatic hydroxyl groups is 1. The van der Waals surface area contributed by atoms with Crippen molar-refractivity contribution in [3.63, 3.8) is 0 Å². The standard InChI is InChI=1S/C14H20N2O3/c1-11-12(5-4-6-13(11)16(18)19)9-15-10-14(17)7-2-3-8-14/h4-6,15,17H,2-3,7-10H2,1H3. The summed E-state index contributed by atoms with van der Waals surface area (Å²) in [4.78, 5) is 10.5. The van der Waals surface area contributed by atoms with Crippen molar-refractivity contribution < 1.29 is 10.0 Å². The molecule has 0 heterocycles. The number of rotatable bonds is 5. The summed E-state index contributed by atoms with van der Waals surface area (Å²) >= 11 is 0. The van der Waals surface area contributed by atoms with Gasteiger partial charge in [0.15, 0.2) is 0 Å². The van der Waals surface area contributed by atoms with Crippen molar-refractivity contribution >= 4 is 5.69 Å². The number of nitrogens with one attached hydrogen (secondary N) is 1. The van der Waals surface area contributed by atoms with Gasteiger partial charge in [0.25, 0.3) is 5.69 Å². The summed E-state index contributed by atoms with van der Waals surface area (Å²) in [5.74, 6) is 0. The average Bonchev–Trinajstić information content (AvgIpc) is 2.78. The zero-order valence-corrected chi connectivity index (χ0v) is 11.2. The number of nitrogens with zero attached hydrogens (tertiary/aromatic N) is 1. The Balaban J connectivity index is 1.96. The highest BCUT2D eigenvalue weighted by molar-refractivity contribution is 5.44. The molecule has 0 aromatic heterocycles. The van der Waals surface area contributed by atoms with Crippen molar-refractivity contribution in [2.75, 3.05) is 6.54 Å². The molecule has 0 saturated heterocycles. The first kappa shape index (κ1) is 14.0. The quantitative estimate of drug-likeness (QED) is 0.632. The van der Waals surface area contributed by atoms with E-state index in [1.165, 1.54) is 6.07 Å². The summed E-state index contributed by atoms with van der Waals surface area (Å²) in [5.41, 5.74) is 1.17. The molecule has 0 amide bonds. The Kier molecular flexibility index (Phi) is 4.17. The van der Waals surface area contributed by atoms with Gasteiger partial charge in [-0.25, -0.2) is 0 Å². The number of nitro groups is 1. The van der Waals surface area contributed by atoms with Crippen LogP contribution in [0, 0.1) is 17.0 Å². The molecule has 0 bridgehead atoms. The van der Waals surface area contributed by atoms with Crippen LogP contribution in [-0.2, 0) is 6.54 Å². The number of hydrogen-bond donors (Lipinski definition) is 2. The van der Waals surface area contributed by atoms with Crippen molar-refractivity contribution in [2.45, 2.75) is 44.8 Å². The molecule has 1 aliphatic rings. The molecule has 5 heteroatoms. The van der Waals surface area contributed by atoms with Crippen molar-refractivity contribution in [1.82, 2.24) is 5.32 Å². The SMILES string of the molecule is Cc1c(CNCC2(O)CCCC2)cccc1[N+](=O)[O-]. The van der Waals surface area contributed by atoms with Crippen molar-refractivity contribution in [3.05, 3.63) is 39.4 Å². The molecule has 1 fully saturated rings. The number of benzene rings is 1. The first-order chi connectivity index (χ1) is 9.02. The largest absolute Gasteiger partial charge is 0.389 e. The maximum absolute atomic E-state index is 10.9. The molecule has 0 radical (unpaired) electrons. The van der Waals surface area contributed by atoms with E-state index in [1.807, 2.05) is 6.07 Å². The zero-order valence-electron chi connectivity index (χ0n) is 11.2. The van der Waals surface area contributed by atoms with Crippen LogP contribution in [-0.4, -0.2) is 22.2 Å². The molecule has 0 spiro atoms. The second-order valence-electron chi connectivity index (χ2n) is 5.35. The topological polar surface area (TPSA) is 75.4 Å². The van der Waals surface area contributed by atoms with Crippen LogP contribution in [0.25, 0.3) is 0 Å². The van der Waals surface area contributed by atoms with Crippen LogP contribution in [0.4, 0.5) is 5.69 Å². The molecule has 0 aliphatic heterocycles. The fourth-order valence-electron chi connectivity index (χ4n) is 2.70. The lowest BCUT2D eigenvalue weighted by atomic mass is 10.0. The van der Waals surface area contributed by atoms with Gasteiger partial charge in [0.2, 0.25) is 0 Å². The molecule has 19 heavy (non-hydrogen) atoms. The summed E-state index contributed by atoms with van der Waals surface area (Å²) in [6, 6.07) is 5.10. The van der Waals surface area contributed by atoms with Crippen LogP contribution in [0.15, 0.2) is 18.2 Å². The van der Waals surface area contributed by atoms with E-state index in [1.54, 1.807) is 13.0 Å². The Labute approximate surface area is 112 Å². The molecular weight excluding hydrogens is 244 g/mol. The molecule has 1 aromatic carbocycles. The Morgan fingerprint density at radius 2 is 2.11 bits per heavy atom. The minimum Gasteiger partial charge on any atom is -0.389 e. The van der Waals surface area contributed by atoms with Crippen molar-refractivity contribution in [3.8, 4) is 0 Å². The van der Waals surface area contributed by atoms with E-state index in [-0.39, 0.29) is 10.6 Å². The molecule has 1 aliphatic carbocycles. The number of hydrogen-bond acceptors (Lipinski definition) is 4. The van der Waals surface area contributed by atoms with Gasteiger partial charge in [-0.3, -0.25) is 10.1 Å². The molecular formula is C14H20N2O3. The average molecular weight is 264 g/mol. The lowest BCUT2D eigenvalue weighted by Crippen LogP contribution is -2.37. The monoisotopic (exact) mass is 264 g/mol. The summed E-state index contributed by atoms with van der Waals surface area (Å²) < 4.78 is 0. The minimum atomic E-state index is -0.589. The molecule has 1 aromatic rings. The van der Waals surface area contributed by atoms with Gasteiger partial charge in [0.1, 0.15) is 0 Å². The van der Waals surface area contributed by atoms with Crippen LogP contribution in [0.3, 0.4) is 0 Å². The fraction of sp³-hybridized carbons (Fsp3) is 0.571. The lowest BCUT2D eigenvalue weighted by molar-refractivity contribution is -0.385. The van der Waals surface area contributed by atoms with Crippen LogP contribution < -0.4 is 5.32 Å². The highest BCUT2D eigenvalue weighted by Crippen LogP contribution is 2.28. The lowest BCUT2D eigenvalue weighted by Gasteiger charge is -2.22. The van der Waals surface area contributed by atoms with E-state index in [2.05, 4.69) is 5.32 Å². The molecule has 0 unspecified atom stereocenters. The molecule has 5 nitrogen and oxygen atoms in total. The van der Waals surface area contributed by atoms with Crippen molar-refractivity contribution in [2.24, 2.45) is 0 Å². The first-order valence-electron chi connectivity index (χ1n) is 6.68. The highest BCUT2D eigenvalue weighted by Gasteiger charge is 2.30. The third kappa shape index (κ3) is 3.30. The van der Waals surface area contributed by atoms with Gasteiger partial charge in [-0.15, -0.1) is 0 Å². The molecule has 0 atom stereocenters. The van der Waals surface area contributed by atoms with Crippen LogP contribution >= 0.6 is 0 Å². The van der Waals surface area contributed by atoms with E-state index in [9.17, 15) is 15.2 Å². The van der Waals surface area contributed by atoms with E-state index in [0.29, 0.717) is 18.7 Å². The molecule has 2 N–H and O–H groups in total. The van der Waals surface area contributed by atoms with Gasteiger partial charge in [0, 0.05) is 24.7 Å². The summed E-state index contributed by atoms with van der Waals surface area (Å²) in [6.07, 6.45) is 3.84. The normalized spacial score (nSPS) is 17.6. The first-order valence-corrected chi connectivity index (χ1v) is 6.68. The second kappa shape index (κ2) is 5.67. The van der Waals surface area contributed by atoms with Gasteiger partial charge < -0.3 is 10.4 Å². The highest BCUT2D eigenvalue weighted by atomic mass is 16.6. The predicted octanol–water partition coefficient (Wildman–Crippen LogP) is 2.30. The Morgan fingerprint density at radius 3 is 2.74 bits per heavy atom. The Bertz CT molecular complexity index is 468. The van der Waals surface area contributed by atoms with E-state index < -0.39 is 5.60 Å². The summed E-state index contributed by atoms with van der Waals surface area (Å²) in [7, 11) is 0. The molecule has 1 saturated carbocycles. The van der Waals surface area contributed by atoms with Gasteiger partial charge >= 0.3 is 0 Å². The second-order valence-corrected chi connectivity index (χ2v) is 5.35. The minimum absolute atomic E-state index is 0.152. The number of nitro benzene ring substituents is 1.